The molecule has 0 aliphatic heterocycles. The van der Waals surface area contributed by atoms with Crippen LogP contribution in [0.15, 0.2) is 18.6 Å². The summed E-state index contributed by atoms with van der Waals surface area (Å²) in [6.45, 7) is 0. The standard InChI is InChI=1S/C7H6N5/c1-12-5-10-11-7(12)6-4-8-2-3-9-6/h2-4H,1H3. The first-order chi connectivity index (χ1) is 5.88. The van der Waals surface area contributed by atoms with E-state index in [-0.39, 0.29) is 0 Å². The minimum absolute atomic E-state index is 0.670. The third kappa shape index (κ3) is 1.05. The van der Waals surface area contributed by atoms with Gasteiger partial charge in [-0.1, -0.05) is 0 Å². The average Bonchev–Trinajstić information content (AvgIpc) is 2.53. The highest BCUT2D eigenvalue weighted by Gasteiger charge is 2.04. The zero-order valence-electron chi connectivity index (χ0n) is 6.47. The van der Waals surface area contributed by atoms with Crippen LogP contribution >= 0.6 is 0 Å². The maximum Gasteiger partial charge on any atom is 0.202 e. The van der Waals surface area contributed by atoms with Gasteiger partial charge in [-0.25, -0.2) is 4.98 Å². The number of hydrogen-bond acceptors (Lipinski definition) is 4. The van der Waals surface area contributed by atoms with E-state index in [4.69, 9.17) is 0 Å². The lowest BCUT2D eigenvalue weighted by Gasteiger charge is -1.95. The molecule has 12 heavy (non-hydrogen) atoms. The summed E-state index contributed by atoms with van der Waals surface area (Å²) in [5, 5.41) is 7.46. The van der Waals surface area contributed by atoms with E-state index in [2.05, 4.69) is 26.5 Å². The SMILES string of the molecule is Cn1[c]nnc1-c1cnccn1. The van der Waals surface area contributed by atoms with Crippen molar-refractivity contribution in [1.29, 1.82) is 0 Å². The molecule has 2 heterocycles. The van der Waals surface area contributed by atoms with Crippen LogP contribution < -0.4 is 0 Å². The van der Waals surface area contributed by atoms with E-state index in [9.17, 15) is 0 Å². The maximum atomic E-state index is 4.08. The van der Waals surface area contributed by atoms with Crippen molar-refractivity contribution in [1.82, 2.24) is 24.7 Å². The Morgan fingerprint density at radius 2 is 2.33 bits per heavy atom. The summed E-state index contributed by atoms with van der Waals surface area (Å²) in [5.41, 5.74) is 0.703. The van der Waals surface area contributed by atoms with Crippen LogP contribution in [0, 0.1) is 6.33 Å². The summed E-state index contributed by atoms with van der Waals surface area (Å²) in [7, 11) is 1.81. The predicted molar refractivity (Wildman–Crippen MR) is 40.9 cm³/mol. The van der Waals surface area contributed by atoms with Crippen LogP contribution in [0.2, 0.25) is 0 Å². The highest BCUT2D eigenvalue weighted by molar-refractivity contribution is 5.46. The van der Waals surface area contributed by atoms with Crippen molar-refractivity contribution in [2.45, 2.75) is 0 Å². The smallest absolute Gasteiger partial charge is 0.202 e. The Balaban J connectivity index is 2.51. The Bertz CT molecular complexity index is 366. The third-order valence-electron chi connectivity index (χ3n) is 1.45. The van der Waals surface area contributed by atoms with Gasteiger partial charge < -0.3 is 4.57 Å². The van der Waals surface area contributed by atoms with Crippen molar-refractivity contribution in [2.24, 2.45) is 7.05 Å². The molecular weight excluding hydrogens is 154 g/mol. The molecule has 0 spiro atoms. The van der Waals surface area contributed by atoms with Crippen molar-refractivity contribution < 1.29 is 0 Å². The fourth-order valence-corrected chi connectivity index (χ4v) is 0.889. The van der Waals surface area contributed by atoms with Crippen LogP contribution in [0.5, 0.6) is 0 Å². The van der Waals surface area contributed by atoms with Gasteiger partial charge in [0, 0.05) is 19.4 Å². The first kappa shape index (κ1) is 6.90. The van der Waals surface area contributed by atoms with E-state index in [0.717, 1.165) is 0 Å². The second-order valence-corrected chi connectivity index (χ2v) is 2.27. The highest BCUT2D eigenvalue weighted by Crippen LogP contribution is 2.08. The summed E-state index contributed by atoms with van der Waals surface area (Å²) in [4.78, 5) is 8.00. The topological polar surface area (TPSA) is 56.5 Å². The second-order valence-electron chi connectivity index (χ2n) is 2.27. The van der Waals surface area contributed by atoms with Crippen molar-refractivity contribution in [2.75, 3.05) is 0 Å². The van der Waals surface area contributed by atoms with Gasteiger partial charge in [-0.3, -0.25) is 4.98 Å². The molecule has 0 aromatic carbocycles. The number of rotatable bonds is 1. The molecule has 59 valence electrons. The molecule has 0 N–H and O–H groups in total. The quantitative estimate of drug-likeness (QED) is 0.592. The summed E-state index contributed by atoms with van der Waals surface area (Å²) < 4.78 is 1.67. The molecule has 2 aromatic heterocycles. The van der Waals surface area contributed by atoms with Gasteiger partial charge in [-0.2, -0.15) is 0 Å². The van der Waals surface area contributed by atoms with E-state index < -0.39 is 0 Å². The van der Waals surface area contributed by atoms with Gasteiger partial charge >= 0.3 is 0 Å². The fraction of sp³-hybridized carbons (Fsp3) is 0.143. The zero-order chi connectivity index (χ0) is 8.39. The van der Waals surface area contributed by atoms with E-state index in [1.165, 1.54) is 0 Å². The molecule has 0 aliphatic rings. The van der Waals surface area contributed by atoms with Crippen LogP contribution in [0.25, 0.3) is 11.5 Å². The molecule has 0 amide bonds. The molecule has 0 saturated carbocycles. The van der Waals surface area contributed by atoms with Crippen molar-refractivity contribution in [3.63, 3.8) is 0 Å². The zero-order valence-corrected chi connectivity index (χ0v) is 6.47. The number of nitrogens with zero attached hydrogens (tertiary/aromatic N) is 5. The Kier molecular flexibility index (Phi) is 1.55. The molecule has 0 bridgehead atoms. The average molecular weight is 160 g/mol. The number of aryl methyl sites for hydroxylation is 1. The maximum absolute atomic E-state index is 4.08. The molecule has 0 unspecified atom stereocenters. The Morgan fingerprint density at radius 3 is 2.92 bits per heavy atom. The number of aromatic nitrogens is 5. The monoisotopic (exact) mass is 160 g/mol. The molecule has 5 heteroatoms. The van der Waals surface area contributed by atoms with Gasteiger partial charge in [0.1, 0.15) is 5.69 Å². The van der Waals surface area contributed by atoms with Crippen LogP contribution in [-0.4, -0.2) is 24.7 Å². The molecule has 0 saturated heterocycles. The largest absolute Gasteiger partial charge is 0.306 e. The van der Waals surface area contributed by atoms with Gasteiger partial charge in [-0.05, 0) is 0 Å². The van der Waals surface area contributed by atoms with Crippen molar-refractivity contribution in [3.8, 4) is 11.5 Å². The summed E-state index contributed by atoms with van der Waals surface area (Å²) in [6, 6.07) is 0. The van der Waals surface area contributed by atoms with Crippen LogP contribution in [-0.2, 0) is 7.05 Å². The number of hydrogen-bond donors (Lipinski definition) is 0. The van der Waals surface area contributed by atoms with E-state index in [1.54, 1.807) is 23.2 Å². The third-order valence-corrected chi connectivity index (χ3v) is 1.45. The minimum Gasteiger partial charge on any atom is -0.306 e. The molecule has 2 rings (SSSR count). The van der Waals surface area contributed by atoms with Crippen molar-refractivity contribution >= 4 is 0 Å². The fourth-order valence-electron chi connectivity index (χ4n) is 0.889. The summed E-state index contributed by atoms with van der Waals surface area (Å²) in [6.07, 6.45) is 7.52. The van der Waals surface area contributed by atoms with Gasteiger partial charge in [0.05, 0.1) is 6.20 Å². The van der Waals surface area contributed by atoms with Crippen LogP contribution in [0.4, 0.5) is 0 Å². The van der Waals surface area contributed by atoms with Gasteiger partial charge in [0.25, 0.3) is 0 Å². The van der Waals surface area contributed by atoms with Crippen LogP contribution in [0.3, 0.4) is 0 Å². The van der Waals surface area contributed by atoms with E-state index in [1.807, 2.05) is 7.05 Å². The molecule has 0 atom stereocenters. The Labute approximate surface area is 69.1 Å². The second kappa shape index (κ2) is 2.69. The van der Waals surface area contributed by atoms with E-state index >= 15 is 0 Å². The molecule has 0 fully saturated rings. The Hall–Kier alpha value is -1.78. The van der Waals surface area contributed by atoms with Gasteiger partial charge in [-0.15, -0.1) is 10.2 Å². The van der Waals surface area contributed by atoms with Gasteiger partial charge in [0.2, 0.25) is 6.33 Å². The normalized spacial score (nSPS) is 10.1. The Morgan fingerprint density at radius 1 is 1.42 bits per heavy atom. The molecule has 1 radical (unpaired) electrons. The molecule has 5 nitrogen and oxygen atoms in total. The van der Waals surface area contributed by atoms with E-state index in [0.29, 0.717) is 11.5 Å². The lowest BCUT2D eigenvalue weighted by molar-refractivity contribution is 0.902. The molecular formula is C7H6N5. The lowest BCUT2D eigenvalue weighted by Crippen LogP contribution is -1.93. The molecule has 0 aliphatic carbocycles. The van der Waals surface area contributed by atoms with Gasteiger partial charge in [0.15, 0.2) is 5.82 Å². The lowest BCUT2D eigenvalue weighted by atomic mass is 10.4. The predicted octanol–water partition coefficient (Wildman–Crippen LogP) is 0.0723. The first-order valence-electron chi connectivity index (χ1n) is 3.41. The first-order valence-corrected chi connectivity index (χ1v) is 3.41. The highest BCUT2D eigenvalue weighted by atomic mass is 15.3. The summed E-state index contributed by atoms with van der Waals surface area (Å²) >= 11 is 0. The molecule has 2 aromatic rings. The van der Waals surface area contributed by atoms with Crippen molar-refractivity contribution in [3.05, 3.63) is 24.9 Å². The summed E-state index contributed by atoms with van der Waals surface area (Å²) in [5.74, 6) is 0.670. The minimum atomic E-state index is 0.670. The van der Waals surface area contributed by atoms with Crippen LogP contribution in [0.1, 0.15) is 0 Å².